The van der Waals surface area contributed by atoms with Gasteiger partial charge in [-0.2, -0.15) is 11.8 Å². The summed E-state index contributed by atoms with van der Waals surface area (Å²) in [6.07, 6.45) is 0.740. The Labute approximate surface area is 110 Å². The molecule has 0 aromatic carbocycles. The quantitative estimate of drug-likeness (QED) is 0.610. The number of carbonyl (C=O) groups is 1. The fraction of sp³-hybridized carbons (Fsp3) is 0.545. The molecule has 0 amide bonds. The molecule has 1 unspecified atom stereocenters. The molecule has 1 aliphatic rings. The molecule has 1 atom stereocenters. The Morgan fingerprint density at radius 2 is 2.29 bits per heavy atom. The first-order valence-electron chi connectivity index (χ1n) is 5.47. The molecule has 1 fully saturated rings. The first-order valence-corrected chi connectivity index (χ1v) is 6.90. The first kappa shape index (κ1) is 12.6. The van der Waals surface area contributed by atoms with Gasteiger partial charge in [0.1, 0.15) is 16.8 Å². The van der Waals surface area contributed by atoms with Gasteiger partial charge in [0.2, 0.25) is 0 Å². The van der Waals surface area contributed by atoms with E-state index in [2.05, 4.69) is 21.8 Å². The van der Waals surface area contributed by atoms with Crippen molar-refractivity contribution in [3.63, 3.8) is 0 Å². The van der Waals surface area contributed by atoms with Crippen molar-refractivity contribution < 1.29 is 4.79 Å². The fourth-order valence-electron chi connectivity index (χ4n) is 1.89. The number of aryl methyl sites for hydroxylation is 1. The third-order valence-corrected chi connectivity index (χ3v) is 4.07. The smallest absolute Gasteiger partial charge is 0.156 e. The minimum Gasteiger partial charge on any atom is -0.354 e. The molecule has 4 nitrogen and oxygen atoms in total. The third kappa shape index (κ3) is 2.72. The van der Waals surface area contributed by atoms with Crippen LogP contribution in [0.5, 0.6) is 0 Å². The summed E-state index contributed by atoms with van der Waals surface area (Å²) >= 11 is 7.91. The van der Waals surface area contributed by atoms with Gasteiger partial charge in [-0.15, -0.1) is 0 Å². The highest BCUT2D eigenvalue weighted by Crippen LogP contribution is 2.27. The monoisotopic (exact) mass is 271 g/mol. The van der Waals surface area contributed by atoms with Crippen molar-refractivity contribution in [2.75, 3.05) is 23.7 Å². The number of rotatable bonds is 2. The van der Waals surface area contributed by atoms with Crippen molar-refractivity contribution in [1.82, 2.24) is 9.97 Å². The van der Waals surface area contributed by atoms with Crippen LogP contribution in [0.1, 0.15) is 23.1 Å². The summed E-state index contributed by atoms with van der Waals surface area (Å²) in [5.41, 5.74) is 0.399. The molecule has 17 heavy (non-hydrogen) atoms. The van der Waals surface area contributed by atoms with Gasteiger partial charge >= 0.3 is 0 Å². The molecule has 0 saturated carbocycles. The molecule has 1 aromatic rings. The van der Waals surface area contributed by atoms with E-state index in [9.17, 15) is 4.79 Å². The standard InChI is InChI=1S/C11H14ClN3OS/c1-7-5-15(3-4-17-7)11-9(6-16)10(12)13-8(2)14-11/h6-7H,3-5H2,1-2H3. The summed E-state index contributed by atoms with van der Waals surface area (Å²) < 4.78 is 0. The largest absolute Gasteiger partial charge is 0.354 e. The molecule has 2 heterocycles. The highest BCUT2D eigenvalue weighted by Gasteiger charge is 2.22. The van der Waals surface area contributed by atoms with E-state index < -0.39 is 0 Å². The van der Waals surface area contributed by atoms with Crippen LogP contribution in [0.3, 0.4) is 0 Å². The van der Waals surface area contributed by atoms with Gasteiger partial charge in [-0.3, -0.25) is 4.79 Å². The second-order valence-electron chi connectivity index (χ2n) is 4.04. The van der Waals surface area contributed by atoms with E-state index in [-0.39, 0.29) is 5.15 Å². The van der Waals surface area contributed by atoms with Crippen molar-refractivity contribution in [2.24, 2.45) is 0 Å². The molecule has 0 aliphatic carbocycles. The summed E-state index contributed by atoms with van der Waals surface area (Å²) in [5, 5.41) is 0.783. The Bertz CT molecular complexity index is 441. The molecule has 0 radical (unpaired) electrons. The molecule has 0 bridgehead atoms. The van der Waals surface area contributed by atoms with Crippen molar-refractivity contribution >= 4 is 35.5 Å². The first-order chi connectivity index (χ1) is 8.11. The molecule has 6 heteroatoms. The molecule has 0 spiro atoms. The summed E-state index contributed by atoms with van der Waals surface area (Å²) in [6.45, 7) is 5.74. The average molecular weight is 272 g/mol. The average Bonchev–Trinajstić information content (AvgIpc) is 2.28. The van der Waals surface area contributed by atoms with Crippen molar-refractivity contribution in [3.8, 4) is 0 Å². The normalized spacial score (nSPS) is 20.4. The predicted molar refractivity (Wildman–Crippen MR) is 71.3 cm³/mol. The van der Waals surface area contributed by atoms with Gasteiger partial charge in [0.25, 0.3) is 0 Å². The lowest BCUT2D eigenvalue weighted by molar-refractivity contribution is 0.112. The second-order valence-corrected chi connectivity index (χ2v) is 5.95. The Morgan fingerprint density at radius 1 is 1.53 bits per heavy atom. The maximum Gasteiger partial charge on any atom is 0.156 e. The van der Waals surface area contributed by atoms with Crippen LogP contribution in [0.4, 0.5) is 5.82 Å². The van der Waals surface area contributed by atoms with Crippen LogP contribution < -0.4 is 4.90 Å². The van der Waals surface area contributed by atoms with E-state index in [0.717, 1.165) is 25.1 Å². The lowest BCUT2D eigenvalue weighted by Crippen LogP contribution is -2.38. The van der Waals surface area contributed by atoms with Gasteiger partial charge in [0, 0.05) is 24.1 Å². The maximum absolute atomic E-state index is 11.1. The number of aromatic nitrogens is 2. The number of anilines is 1. The van der Waals surface area contributed by atoms with Crippen molar-refractivity contribution in [3.05, 3.63) is 16.5 Å². The zero-order valence-electron chi connectivity index (χ0n) is 9.81. The third-order valence-electron chi connectivity index (χ3n) is 2.65. The number of halogens is 1. The van der Waals surface area contributed by atoms with E-state index in [1.807, 2.05) is 11.8 Å². The molecule has 0 N–H and O–H groups in total. The van der Waals surface area contributed by atoms with Crippen molar-refractivity contribution in [2.45, 2.75) is 19.1 Å². The predicted octanol–water partition coefficient (Wildman–Crippen LogP) is 2.19. The summed E-state index contributed by atoms with van der Waals surface area (Å²) in [5.74, 6) is 2.31. The minimum absolute atomic E-state index is 0.244. The topological polar surface area (TPSA) is 46.1 Å². The van der Waals surface area contributed by atoms with Crippen LogP contribution in [0.2, 0.25) is 5.15 Å². The van der Waals surface area contributed by atoms with Gasteiger partial charge in [0.05, 0.1) is 5.56 Å². The number of hydrogen-bond acceptors (Lipinski definition) is 5. The Morgan fingerprint density at radius 3 is 2.94 bits per heavy atom. The Kier molecular flexibility index (Phi) is 3.89. The van der Waals surface area contributed by atoms with E-state index in [4.69, 9.17) is 11.6 Å². The van der Waals surface area contributed by atoms with Gasteiger partial charge in [-0.05, 0) is 6.92 Å². The van der Waals surface area contributed by atoms with Crippen LogP contribution in [0, 0.1) is 6.92 Å². The molecule has 2 rings (SSSR count). The Balaban J connectivity index is 2.39. The lowest BCUT2D eigenvalue weighted by Gasteiger charge is -2.32. The maximum atomic E-state index is 11.1. The van der Waals surface area contributed by atoms with Crippen molar-refractivity contribution in [1.29, 1.82) is 0 Å². The SMILES string of the molecule is Cc1nc(Cl)c(C=O)c(N2CCSC(C)C2)n1. The molecule has 1 aliphatic heterocycles. The molecule has 1 aromatic heterocycles. The molecule has 1 saturated heterocycles. The van der Waals surface area contributed by atoms with Gasteiger partial charge in [0.15, 0.2) is 6.29 Å². The van der Waals surface area contributed by atoms with Gasteiger partial charge < -0.3 is 4.90 Å². The van der Waals surface area contributed by atoms with Gasteiger partial charge in [-0.1, -0.05) is 18.5 Å². The molecular formula is C11H14ClN3OS. The number of carbonyl (C=O) groups excluding carboxylic acids is 1. The van der Waals surface area contributed by atoms with Crippen LogP contribution in [0.25, 0.3) is 0 Å². The minimum atomic E-state index is 0.244. The molecular weight excluding hydrogens is 258 g/mol. The van der Waals surface area contributed by atoms with Crippen LogP contribution in [0.15, 0.2) is 0 Å². The zero-order chi connectivity index (χ0) is 12.4. The Hall–Kier alpha value is -0.810. The lowest BCUT2D eigenvalue weighted by atomic mass is 10.3. The van der Waals surface area contributed by atoms with Crippen LogP contribution in [-0.2, 0) is 0 Å². The van der Waals surface area contributed by atoms with Gasteiger partial charge in [-0.25, -0.2) is 9.97 Å². The number of aldehydes is 1. The highest BCUT2D eigenvalue weighted by atomic mass is 35.5. The van der Waals surface area contributed by atoms with E-state index >= 15 is 0 Å². The zero-order valence-corrected chi connectivity index (χ0v) is 11.4. The summed E-state index contributed by atoms with van der Waals surface area (Å²) in [6, 6.07) is 0. The van der Waals surface area contributed by atoms with E-state index in [1.165, 1.54) is 0 Å². The van der Waals surface area contributed by atoms with Crippen LogP contribution >= 0.6 is 23.4 Å². The fourth-order valence-corrected chi connectivity index (χ4v) is 3.15. The number of hydrogen-bond donors (Lipinski definition) is 0. The highest BCUT2D eigenvalue weighted by molar-refractivity contribution is 8.00. The number of thioether (sulfide) groups is 1. The van der Waals surface area contributed by atoms with E-state index in [0.29, 0.717) is 22.5 Å². The van der Waals surface area contributed by atoms with E-state index in [1.54, 1.807) is 6.92 Å². The summed E-state index contributed by atoms with van der Waals surface area (Å²) in [7, 11) is 0. The molecule has 92 valence electrons. The van der Waals surface area contributed by atoms with Crippen LogP contribution in [-0.4, -0.2) is 40.3 Å². The number of nitrogens with zero attached hydrogens (tertiary/aromatic N) is 3. The second kappa shape index (κ2) is 5.23. The summed E-state index contributed by atoms with van der Waals surface area (Å²) in [4.78, 5) is 21.6.